The molecule has 0 aromatic heterocycles. The molecule has 1 heterocycles. The molecule has 0 radical (unpaired) electrons. The van der Waals surface area contributed by atoms with Crippen molar-refractivity contribution in [3.8, 4) is 5.75 Å². The minimum Gasteiger partial charge on any atom is -0.423 e. The normalized spacial score (nSPS) is 14.4. The number of hydrogen-bond acceptors (Lipinski definition) is 3. The van der Waals surface area contributed by atoms with E-state index >= 15 is 0 Å². The third-order valence-corrected chi connectivity index (χ3v) is 3.72. The summed E-state index contributed by atoms with van der Waals surface area (Å²) in [5.41, 5.74) is 1.51. The van der Waals surface area contributed by atoms with Crippen molar-refractivity contribution in [3.05, 3.63) is 66.0 Å². The molecule has 0 spiro atoms. The first-order chi connectivity index (χ1) is 11.6. The van der Waals surface area contributed by atoms with Crippen LogP contribution in [0.1, 0.15) is 18.4 Å². The van der Waals surface area contributed by atoms with E-state index in [1.165, 1.54) is 18.2 Å². The first-order valence-electron chi connectivity index (χ1n) is 7.68. The Bertz CT molecular complexity index is 766. The number of rotatable bonds is 4. The van der Waals surface area contributed by atoms with E-state index in [1.54, 1.807) is 47.4 Å². The SMILES string of the molecule is O=C(/C=C/c1ccc(F)cc1)Oc1ccc(N2CCCC2=O)cc1. The molecule has 0 saturated carbocycles. The van der Waals surface area contributed by atoms with Gasteiger partial charge in [0.25, 0.3) is 0 Å². The highest BCUT2D eigenvalue weighted by molar-refractivity contribution is 5.95. The van der Waals surface area contributed by atoms with Gasteiger partial charge in [0.15, 0.2) is 0 Å². The van der Waals surface area contributed by atoms with Crippen LogP contribution in [-0.2, 0) is 9.59 Å². The Labute approximate surface area is 139 Å². The summed E-state index contributed by atoms with van der Waals surface area (Å²) in [6.07, 6.45) is 4.28. The van der Waals surface area contributed by atoms with E-state index in [4.69, 9.17) is 4.74 Å². The second-order valence-electron chi connectivity index (χ2n) is 5.45. The zero-order chi connectivity index (χ0) is 16.9. The fourth-order valence-electron chi connectivity index (χ4n) is 2.50. The van der Waals surface area contributed by atoms with Crippen molar-refractivity contribution < 1.29 is 18.7 Å². The Hall–Kier alpha value is -2.95. The fourth-order valence-corrected chi connectivity index (χ4v) is 2.50. The van der Waals surface area contributed by atoms with Gasteiger partial charge in [0.1, 0.15) is 11.6 Å². The number of hydrogen-bond donors (Lipinski definition) is 0. The van der Waals surface area contributed by atoms with E-state index in [9.17, 15) is 14.0 Å². The maximum atomic E-state index is 12.8. The van der Waals surface area contributed by atoms with Crippen molar-refractivity contribution in [3.63, 3.8) is 0 Å². The Balaban J connectivity index is 1.60. The van der Waals surface area contributed by atoms with Crippen LogP contribution >= 0.6 is 0 Å². The van der Waals surface area contributed by atoms with Gasteiger partial charge in [0, 0.05) is 24.7 Å². The lowest BCUT2D eigenvalue weighted by Crippen LogP contribution is -2.23. The lowest BCUT2D eigenvalue weighted by molar-refractivity contribution is -0.128. The molecule has 2 aromatic carbocycles. The second-order valence-corrected chi connectivity index (χ2v) is 5.45. The molecule has 4 nitrogen and oxygen atoms in total. The lowest BCUT2D eigenvalue weighted by Gasteiger charge is -2.15. The van der Waals surface area contributed by atoms with Crippen LogP contribution < -0.4 is 9.64 Å². The first kappa shape index (κ1) is 15.9. The van der Waals surface area contributed by atoms with E-state index in [1.807, 2.05) is 0 Å². The molecule has 24 heavy (non-hydrogen) atoms. The Morgan fingerprint density at radius 1 is 1.08 bits per heavy atom. The van der Waals surface area contributed by atoms with Crippen molar-refractivity contribution in [2.75, 3.05) is 11.4 Å². The van der Waals surface area contributed by atoms with E-state index in [0.29, 0.717) is 17.7 Å². The number of nitrogens with zero attached hydrogens (tertiary/aromatic N) is 1. The largest absolute Gasteiger partial charge is 0.423 e. The Morgan fingerprint density at radius 3 is 2.42 bits per heavy atom. The average molecular weight is 325 g/mol. The predicted octanol–water partition coefficient (Wildman–Crippen LogP) is 3.57. The molecule has 1 saturated heterocycles. The van der Waals surface area contributed by atoms with Crippen LogP contribution in [0.3, 0.4) is 0 Å². The second kappa shape index (κ2) is 7.08. The topological polar surface area (TPSA) is 46.6 Å². The van der Waals surface area contributed by atoms with Crippen LogP contribution in [-0.4, -0.2) is 18.4 Å². The first-order valence-corrected chi connectivity index (χ1v) is 7.68. The van der Waals surface area contributed by atoms with Gasteiger partial charge in [-0.15, -0.1) is 0 Å². The van der Waals surface area contributed by atoms with E-state index in [0.717, 1.165) is 18.7 Å². The molecule has 1 aliphatic heterocycles. The van der Waals surface area contributed by atoms with Gasteiger partial charge in [0.05, 0.1) is 0 Å². The van der Waals surface area contributed by atoms with Crippen LogP contribution in [0.25, 0.3) is 6.08 Å². The average Bonchev–Trinajstić information content (AvgIpc) is 3.01. The molecule has 0 atom stereocenters. The van der Waals surface area contributed by atoms with Gasteiger partial charge in [-0.3, -0.25) is 4.79 Å². The molecule has 0 aliphatic carbocycles. The zero-order valence-electron chi connectivity index (χ0n) is 12.9. The molecule has 1 aliphatic rings. The maximum absolute atomic E-state index is 12.8. The summed E-state index contributed by atoms with van der Waals surface area (Å²) in [6.45, 7) is 0.721. The number of anilines is 1. The smallest absolute Gasteiger partial charge is 0.336 e. The van der Waals surface area contributed by atoms with Gasteiger partial charge in [0.2, 0.25) is 5.91 Å². The standard InChI is InChI=1S/C19H16FNO3/c20-15-6-3-14(4-7-15)5-12-19(23)24-17-10-8-16(9-11-17)21-13-1-2-18(21)22/h3-12H,1-2,13H2/b12-5+. The van der Waals surface area contributed by atoms with Crippen LogP contribution in [0.2, 0.25) is 0 Å². The molecule has 5 heteroatoms. The molecule has 122 valence electrons. The molecular weight excluding hydrogens is 309 g/mol. The minimum atomic E-state index is -0.524. The Kier molecular flexibility index (Phi) is 4.70. The summed E-state index contributed by atoms with van der Waals surface area (Å²) in [5.74, 6) is -0.336. The molecule has 2 aromatic rings. The summed E-state index contributed by atoms with van der Waals surface area (Å²) in [4.78, 5) is 25.2. The summed E-state index contributed by atoms with van der Waals surface area (Å²) in [5, 5.41) is 0. The van der Waals surface area contributed by atoms with E-state index in [-0.39, 0.29) is 11.7 Å². The maximum Gasteiger partial charge on any atom is 0.336 e. The third-order valence-electron chi connectivity index (χ3n) is 3.72. The van der Waals surface area contributed by atoms with E-state index in [2.05, 4.69) is 0 Å². The monoisotopic (exact) mass is 325 g/mol. The summed E-state index contributed by atoms with van der Waals surface area (Å²) >= 11 is 0. The van der Waals surface area contributed by atoms with Crippen LogP contribution in [0.4, 0.5) is 10.1 Å². The highest BCUT2D eigenvalue weighted by Crippen LogP contribution is 2.24. The van der Waals surface area contributed by atoms with Crippen molar-refractivity contribution in [2.24, 2.45) is 0 Å². The summed E-state index contributed by atoms with van der Waals surface area (Å²) in [6, 6.07) is 12.6. The number of halogens is 1. The zero-order valence-corrected chi connectivity index (χ0v) is 12.9. The van der Waals surface area contributed by atoms with Crippen molar-refractivity contribution in [2.45, 2.75) is 12.8 Å². The van der Waals surface area contributed by atoms with Crippen molar-refractivity contribution >= 4 is 23.6 Å². The van der Waals surface area contributed by atoms with Crippen LogP contribution in [0, 0.1) is 5.82 Å². The molecule has 3 rings (SSSR count). The fraction of sp³-hybridized carbons (Fsp3) is 0.158. The van der Waals surface area contributed by atoms with Gasteiger partial charge in [-0.05, 0) is 54.5 Å². The Morgan fingerprint density at radius 2 is 1.79 bits per heavy atom. The molecule has 1 fully saturated rings. The molecule has 1 amide bonds. The number of ether oxygens (including phenoxy) is 1. The lowest BCUT2D eigenvalue weighted by atomic mass is 10.2. The minimum absolute atomic E-state index is 0.113. The predicted molar refractivity (Wildman–Crippen MR) is 89.1 cm³/mol. The number of benzene rings is 2. The van der Waals surface area contributed by atoms with Crippen LogP contribution in [0.15, 0.2) is 54.6 Å². The number of esters is 1. The van der Waals surface area contributed by atoms with Crippen molar-refractivity contribution in [1.82, 2.24) is 0 Å². The van der Waals surface area contributed by atoms with Crippen LogP contribution in [0.5, 0.6) is 5.75 Å². The molecular formula is C19H16FNO3. The quantitative estimate of drug-likeness (QED) is 0.490. The molecule has 0 N–H and O–H groups in total. The highest BCUT2D eigenvalue weighted by atomic mass is 19.1. The van der Waals surface area contributed by atoms with Gasteiger partial charge in [-0.1, -0.05) is 12.1 Å². The number of amides is 1. The number of carbonyl (C=O) groups excluding carboxylic acids is 2. The van der Waals surface area contributed by atoms with E-state index < -0.39 is 5.97 Å². The third kappa shape index (κ3) is 3.87. The van der Waals surface area contributed by atoms with Gasteiger partial charge < -0.3 is 9.64 Å². The van der Waals surface area contributed by atoms with Gasteiger partial charge in [-0.2, -0.15) is 0 Å². The number of carbonyl (C=O) groups is 2. The summed E-state index contributed by atoms with van der Waals surface area (Å²) < 4.78 is 18.0. The van der Waals surface area contributed by atoms with Crippen molar-refractivity contribution in [1.29, 1.82) is 0 Å². The summed E-state index contributed by atoms with van der Waals surface area (Å²) in [7, 11) is 0. The highest BCUT2D eigenvalue weighted by Gasteiger charge is 2.21. The molecule has 0 unspecified atom stereocenters. The van der Waals surface area contributed by atoms with Gasteiger partial charge >= 0.3 is 5.97 Å². The molecule has 0 bridgehead atoms. The van der Waals surface area contributed by atoms with Gasteiger partial charge in [-0.25, -0.2) is 9.18 Å².